The van der Waals surface area contributed by atoms with Crippen molar-refractivity contribution in [2.45, 2.75) is 44.1 Å². The van der Waals surface area contributed by atoms with Gasteiger partial charge in [0.2, 0.25) is 5.91 Å². The van der Waals surface area contributed by atoms with Gasteiger partial charge in [-0.25, -0.2) is 0 Å². The zero-order valence-corrected chi connectivity index (χ0v) is 12.0. The molecular formula is C17H24N2O. The number of nitrogens with one attached hydrogen (secondary N) is 2. The fourth-order valence-corrected chi connectivity index (χ4v) is 3.33. The van der Waals surface area contributed by atoms with Gasteiger partial charge in [0.05, 0.1) is 0 Å². The van der Waals surface area contributed by atoms with Gasteiger partial charge in [-0.15, -0.1) is 0 Å². The van der Waals surface area contributed by atoms with Crippen LogP contribution in [0.4, 0.5) is 0 Å². The molecule has 0 radical (unpaired) electrons. The van der Waals surface area contributed by atoms with Crippen molar-refractivity contribution in [3.63, 3.8) is 0 Å². The van der Waals surface area contributed by atoms with Gasteiger partial charge in [-0.05, 0) is 56.2 Å². The summed E-state index contributed by atoms with van der Waals surface area (Å²) >= 11 is 0. The second kappa shape index (κ2) is 6.40. The first-order chi connectivity index (χ1) is 9.81. The SMILES string of the molecule is O=C(CCC1CCNC1)NC1CC(c2ccccc2)C1. The minimum atomic E-state index is 0.244. The van der Waals surface area contributed by atoms with Crippen LogP contribution in [0.25, 0.3) is 0 Å². The largest absolute Gasteiger partial charge is 0.353 e. The van der Waals surface area contributed by atoms with Gasteiger partial charge in [-0.3, -0.25) is 4.79 Å². The highest BCUT2D eigenvalue weighted by Crippen LogP contribution is 2.36. The van der Waals surface area contributed by atoms with Gasteiger partial charge in [0.1, 0.15) is 0 Å². The molecule has 1 heterocycles. The van der Waals surface area contributed by atoms with Crippen LogP contribution < -0.4 is 10.6 Å². The summed E-state index contributed by atoms with van der Waals surface area (Å²) in [6.45, 7) is 2.21. The van der Waals surface area contributed by atoms with E-state index in [1.807, 2.05) is 0 Å². The Morgan fingerprint density at radius 1 is 1.25 bits per heavy atom. The van der Waals surface area contributed by atoms with Crippen LogP contribution in [-0.2, 0) is 4.79 Å². The van der Waals surface area contributed by atoms with Gasteiger partial charge in [0.25, 0.3) is 0 Å². The van der Waals surface area contributed by atoms with E-state index in [0.717, 1.165) is 32.4 Å². The summed E-state index contributed by atoms with van der Waals surface area (Å²) in [5, 5.41) is 6.53. The lowest BCUT2D eigenvalue weighted by molar-refractivity contribution is -0.122. The Morgan fingerprint density at radius 2 is 2.05 bits per heavy atom. The molecule has 3 heteroatoms. The molecule has 0 spiro atoms. The Bertz CT molecular complexity index is 434. The Morgan fingerprint density at radius 3 is 2.75 bits per heavy atom. The maximum atomic E-state index is 11.9. The number of carbonyl (C=O) groups is 1. The molecule has 1 aromatic rings. The fraction of sp³-hybridized carbons (Fsp3) is 0.588. The van der Waals surface area contributed by atoms with Gasteiger partial charge in [0.15, 0.2) is 0 Å². The number of amides is 1. The Balaban J connectivity index is 1.35. The van der Waals surface area contributed by atoms with Crippen LogP contribution in [0.2, 0.25) is 0 Å². The molecular weight excluding hydrogens is 248 g/mol. The van der Waals surface area contributed by atoms with E-state index >= 15 is 0 Å². The third-order valence-corrected chi connectivity index (χ3v) is 4.72. The smallest absolute Gasteiger partial charge is 0.220 e. The monoisotopic (exact) mass is 272 g/mol. The fourth-order valence-electron chi connectivity index (χ4n) is 3.33. The highest BCUT2D eigenvalue weighted by molar-refractivity contribution is 5.76. The maximum Gasteiger partial charge on any atom is 0.220 e. The molecule has 1 amide bonds. The lowest BCUT2D eigenvalue weighted by Gasteiger charge is -2.36. The number of hydrogen-bond donors (Lipinski definition) is 2. The molecule has 2 N–H and O–H groups in total. The summed E-state index contributed by atoms with van der Waals surface area (Å²) in [5.74, 6) is 1.59. The summed E-state index contributed by atoms with van der Waals surface area (Å²) in [5.41, 5.74) is 1.41. The minimum Gasteiger partial charge on any atom is -0.353 e. The molecule has 1 aliphatic heterocycles. The van der Waals surface area contributed by atoms with Gasteiger partial charge in [-0.1, -0.05) is 30.3 Å². The van der Waals surface area contributed by atoms with Gasteiger partial charge in [-0.2, -0.15) is 0 Å². The Hall–Kier alpha value is -1.35. The van der Waals surface area contributed by atoms with E-state index in [4.69, 9.17) is 0 Å². The summed E-state index contributed by atoms with van der Waals surface area (Å²) in [4.78, 5) is 11.9. The van der Waals surface area contributed by atoms with Crippen molar-refractivity contribution in [1.82, 2.24) is 10.6 Å². The number of hydrogen-bond acceptors (Lipinski definition) is 2. The second-order valence-electron chi connectivity index (χ2n) is 6.24. The summed E-state index contributed by atoms with van der Waals surface area (Å²) in [7, 11) is 0. The molecule has 1 atom stereocenters. The summed E-state index contributed by atoms with van der Waals surface area (Å²) < 4.78 is 0. The van der Waals surface area contributed by atoms with Crippen LogP contribution >= 0.6 is 0 Å². The average molecular weight is 272 g/mol. The van der Waals surface area contributed by atoms with E-state index in [1.54, 1.807) is 0 Å². The first-order valence-corrected chi connectivity index (χ1v) is 7.86. The molecule has 3 nitrogen and oxygen atoms in total. The molecule has 1 aliphatic carbocycles. The van der Waals surface area contributed by atoms with Crippen LogP contribution in [0.15, 0.2) is 30.3 Å². The minimum absolute atomic E-state index is 0.244. The molecule has 2 fully saturated rings. The topological polar surface area (TPSA) is 41.1 Å². The van der Waals surface area contributed by atoms with Crippen molar-refractivity contribution in [2.24, 2.45) is 5.92 Å². The normalized spacial score (nSPS) is 28.9. The highest BCUT2D eigenvalue weighted by atomic mass is 16.1. The molecule has 20 heavy (non-hydrogen) atoms. The third-order valence-electron chi connectivity index (χ3n) is 4.72. The van der Waals surface area contributed by atoms with E-state index in [1.165, 1.54) is 12.0 Å². The van der Waals surface area contributed by atoms with E-state index < -0.39 is 0 Å². The first-order valence-electron chi connectivity index (χ1n) is 7.86. The first kappa shape index (κ1) is 13.6. The van der Waals surface area contributed by atoms with E-state index in [-0.39, 0.29) is 5.91 Å². The lowest BCUT2D eigenvalue weighted by atomic mass is 9.76. The maximum absolute atomic E-state index is 11.9. The van der Waals surface area contributed by atoms with Gasteiger partial charge in [0, 0.05) is 12.5 Å². The average Bonchev–Trinajstić information content (AvgIpc) is 2.94. The molecule has 1 aromatic carbocycles. The van der Waals surface area contributed by atoms with Crippen LogP contribution in [0.5, 0.6) is 0 Å². The predicted octanol–water partition coefficient (Wildman–Crippen LogP) is 2.44. The van der Waals surface area contributed by atoms with E-state index in [2.05, 4.69) is 41.0 Å². The van der Waals surface area contributed by atoms with Gasteiger partial charge < -0.3 is 10.6 Å². The van der Waals surface area contributed by atoms with E-state index in [9.17, 15) is 4.79 Å². The molecule has 0 aromatic heterocycles. The van der Waals surface area contributed by atoms with Crippen LogP contribution in [0, 0.1) is 5.92 Å². The molecule has 108 valence electrons. The van der Waals surface area contributed by atoms with Crippen molar-refractivity contribution >= 4 is 5.91 Å². The molecule has 3 rings (SSSR count). The van der Waals surface area contributed by atoms with Crippen molar-refractivity contribution in [2.75, 3.05) is 13.1 Å². The molecule has 1 unspecified atom stereocenters. The van der Waals surface area contributed by atoms with E-state index in [0.29, 0.717) is 24.3 Å². The van der Waals surface area contributed by atoms with Crippen LogP contribution in [0.3, 0.4) is 0 Å². The number of benzene rings is 1. The van der Waals surface area contributed by atoms with Crippen molar-refractivity contribution in [3.05, 3.63) is 35.9 Å². The molecule has 2 aliphatic rings. The van der Waals surface area contributed by atoms with Crippen molar-refractivity contribution < 1.29 is 4.79 Å². The molecule has 1 saturated carbocycles. The Labute approximate surface area is 121 Å². The lowest BCUT2D eigenvalue weighted by Crippen LogP contribution is -2.43. The van der Waals surface area contributed by atoms with Crippen LogP contribution in [-0.4, -0.2) is 25.0 Å². The van der Waals surface area contributed by atoms with Crippen LogP contribution in [0.1, 0.15) is 43.6 Å². The number of carbonyl (C=O) groups excluding carboxylic acids is 1. The van der Waals surface area contributed by atoms with Crippen molar-refractivity contribution in [3.8, 4) is 0 Å². The number of rotatable bonds is 5. The summed E-state index contributed by atoms with van der Waals surface area (Å²) in [6.07, 6.45) is 5.15. The standard InChI is InChI=1S/C17H24N2O/c20-17(7-6-13-8-9-18-12-13)19-16-10-15(11-16)14-4-2-1-3-5-14/h1-5,13,15-16,18H,6-12H2,(H,19,20). The van der Waals surface area contributed by atoms with Crippen molar-refractivity contribution in [1.29, 1.82) is 0 Å². The predicted molar refractivity (Wildman–Crippen MR) is 80.6 cm³/mol. The highest BCUT2D eigenvalue weighted by Gasteiger charge is 2.31. The zero-order chi connectivity index (χ0) is 13.8. The quantitative estimate of drug-likeness (QED) is 0.864. The Kier molecular flexibility index (Phi) is 4.36. The second-order valence-corrected chi connectivity index (χ2v) is 6.24. The molecule has 0 bridgehead atoms. The van der Waals surface area contributed by atoms with Gasteiger partial charge >= 0.3 is 0 Å². The molecule has 1 saturated heterocycles. The summed E-state index contributed by atoms with van der Waals surface area (Å²) in [6, 6.07) is 11.0. The zero-order valence-electron chi connectivity index (χ0n) is 12.0. The third kappa shape index (κ3) is 3.40.